The molecule has 4 aromatic heterocycles. The Morgan fingerprint density at radius 3 is 2.16 bits per heavy atom. The number of rotatable bonds is 19. The topological polar surface area (TPSA) is 296 Å². The van der Waals surface area contributed by atoms with E-state index in [4.69, 9.17) is 36.4 Å². The molecule has 10 atom stereocenters. The lowest BCUT2D eigenvalue weighted by Gasteiger charge is -2.41. The summed E-state index contributed by atoms with van der Waals surface area (Å²) in [5, 5.41) is 22.5. The number of fused-ring (bicyclic) bond motifs is 2. The maximum atomic E-state index is 15.3. The second-order valence-corrected chi connectivity index (χ2v) is 31.7. The van der Waals surface area contributed by atoms with E-state index in [-0.39, 0.29) is 28.9 Å². The molecule has 0 aliphatic carbocycles. The highest BCUT2D eigenvalue weighted by Crippen LogP contribution is 2.56. The largest absolute Gasteiger partial charge is 0.695 e. The Balaban J connectivity index is 1.25. The summed E-state index contributed by atoms with van der Waals surface area (Å²) in [4.78, 5) is 56.3. The molecule has 2 aliphatic rings. The third kappa shape index (κ3) is 11.3. The van der Waals surface area contributed by atoms with E-state index in [0.29, 0.717) is 11.1 Å². The summed E-state index contributed by atoms with van der Waals surface area (Å²) in [5.41, 5.74) is 0.742. The number of nitrogens with zero attached hydrogens (tertiary/aromatic N) is 7. The molecule has 7 rings (SSSR count). The minimum atomic E-state index is -4.87. The van der Waals surface area contributed by atoms with Gasteiger partial charge in [0.15, 0.2) is 57.7 Å². The van der Waals surface area contributed by atoms with Gasteiger partial charge in [-0.2, -0.15) is 5.26 Å². The standard InChI is InChI=1S/C43H59N9O14P2Si2/c1-42(2,3)69(7,8)65-33-29(62-40(34(33)63-67(56)57)51-24-48-30-27(51)17-19-45-39(30)55)22-60-68(58,59-20-14-18-44)64-32-28(21-53)61-41(35(32)66-70(9,10)43(4,5)6)52-25-49-31-36(46-23-47-37(31)52)50-38(54)26-15-12-11-13-16-26/h11-13,15-17,19,23-25,28-29,32-35,40-41,53H,14,20-22H2,1-10H3,(H2-,45,46,47,50,54,55,56,57)/p+1/t28-,29-,32-,33?,34-,35?,40-,41-,68?/m1/s1. The smallest absolute Gasteiger partial charge is 0.408 e. The van der Waals surface area contributed by atoms with Gasteiger partial charge in [-0.3, -0.25) is 27.7 Å². The van der Waals surface area contributed by atoms with E-state index in [1.54, 1.807) is 41.0 Å². The van der Waals surface area contributed by atoms with Crippen molar-refractivity contribution in [1.29, 1.82) is 5.26 Å². The molecule has 4 unspecified atom stereocenters. The second kappa shape index (κ2) is 20.9. The van der Waals surface area contributed by atoms with Gasteiger partial charge >= 0.3 is 16.1 Å². The molecule has 378 valence electrons. The van der Waals surface area contributed by atoms with Gasteiger partial charge in [-0.25, -0.2) is 24.5 Å². The van der Waals surface area contributed by atoms with Crippen molar-refractivity contribution in [2.45, 2.75) is 133 Å². The normalized spacial score (nSPS) is 24.5. The van der Waals surface area contributed by atoms with Crippen LogP contribution in [0.3, 0.4) is 0 Å². The molecular weight excluding hydrogens is 985 g/mol. The number of carbonyl (C=O) groups is 1. The zero-order valence-electron chi connectivity index (χ0n) is 40.5. The van der Waals surface area contributed by atoms with Crippen LogP contribution in [0.5, 0.6) is 0 Å². The van der Waals surface area contributed by atoms with Gasteiger partial charge in [0.1, 0.15) is 36.8 Å². The number of amides is 1. The summed E-state index contributed by atoms with van der Waals surface area (Å²) in [6.07, 6.45) is -4.58. The molecule has 2 aliphatic heterocycles. The first-order valence-electron chi connectivity index (χ1n) is 22.5. The van der Waals surface area contributed by atoms with Gasteiger partial charge in [-0.15, -0.1) is 9.42 Å². The van der Waals surface area contributed by atoms with Gasteiger partial charge in [0, 0.05) is 16.3 Å². The van der Waals surface area contributed by atoms with E-state index in [1.807, 2.05) is 73.8 Å². The molecule has 6 heterocycles. The van der Waals surface area contributed by atoms with Gasteiger partial charge in [0.25, 0.3) is 11.5 Å². The zero-order chi connectivity index (χ0) is 51.0. The van der Waals surface area contributed by atoms with Gasteiger partial charge in [-0.05, 0) is 54.5 Å². The molecular formula is C43H60N9O14P2Si2+. The van der Waals surface area contributed by atoms with E-state index in [1.165, 1.54) is 29.7 Å². The van der Waals surface area contributed by atoms with Crippen LogP contribution in [0.4, 0.5) is 5.82 Å². The minimum Gasteiger partial charge on any atom is -0.408 e. The van der Waals surface area contributed by atoms with E-state index >= 15 is 4.57 Å². The number of H-pyrrole nitrogens is 1. The summed E-state index contributed by atoms with van der Waals surface area (Å²) in [7, 11) is -13.7. The number of ether oxygens (including phenoxy) is 2. The average molecular weight is 1050 g/mol. The average Bonchev–Trinajstić information content (AvgIpc) is 4.07. The zero-order valence-corrected chi connectivity index (χ0v) is 44.3. The predicted molar refractivity (Wildman–Crippen MR) is 258 cm³/mol. The molecule has 5 aromatic rings. The first-order valence-corrected chi connectivity index (χ1v) is 30.9. The third-order valence-corrected chi connectivity index (χ3v) is 24.1. The Bertz CT molecular complexity index is 2830. The fraction of sp³-hybridized carbons (Fsp3) is 0.558. The first-order chi connectivity index (χ1) is 32.9. The summed E-state index contributed by atoms with van der Waals surface area (Å²) >= 11 is 0. The van der Waals surface area contributed by atoms with Crippen LogP contribution in [0, 0.1) is 11.3 Å². The molecule has 2 fully saturated rings. The molecule has 4 N–H and O–H groups in total. The lowest BCUT2D eigenvalue weighted by atomic mass is 10.1. The Kier molecular flexibility index (Phi) is 15.9. The Labute approximate surface area is 407 Å². The van der Waals surface area contributed by atoms with E-state index in [9.17, 15) is 29.4 Å². The molecule has 1 aromatic carbocycles. The Morgan fingerprint density at radius 2 is 1.51 bits per heavy atom. The fourth-order valence-electron chi connectivity index (χ4n) is 7.48. The number of carbonyl (C=O) groups excluding carboxylic acids is 1. The van der Waals surface area contributed by atoms with Crippen molar-refractivity contribution in [3.63, 3.8) is 0 Å². The number of aromatic nitrogens is 7. The second-order valence-electron chi connectivity index (χ2n) is 19.9. The van der Waals surface area contributed by atoms with Gasteiger partial charge in [-0.1, -0.05) is 59.7 Å². The summed E-state index contributed by atoms with van der Waals surface area (Å²) in [6.45, 7) is 18.3. The number of nitrogens with one attached hydrogen (secondary N) is 2. The van der Waals surface area contributed by atoms with Crippen molar-refractivity contribution in [2.75, 3.05) is 25.1 Å². The lowest BCUT2D eigenvalue weighted by Crippen LogP contribution is -2.50. The number of hydrogen-bond donors (Lipinski definition) is 4. The monoisotopic (exact) mass is 1040 g/mol. The van der Waals surface area contributed by atoms with Crippen LogP contribution < -0.4 is 10.9 Å². The summed E-state index contributed by atoms with van der Waals surface area (Å²) < 4.78 is 82.0. The number of benzene rings is 1. The highest BCUT2D eigenvalue weighted by atomic mass is 31.2. The minimum absolute atomic E-state index is 0.0694. The highest BCUT2D eigenvalue weighted by Gasteiger charge is 2.57. The van der Waals surface area contributed by atoms with Crippen molar-refractivity contribution < 1.29 is 60.3 Å². The van der Waals surface area contributed by atoms with Crippen molar-refractivity contribution in [3.05, 3.63) is 77.5 Å². The number of aliphatic hydroxyl groups excluding tert-OH is 1. The van der Waals surface area contributed by atoms with Crippen molar-refractivity contribution in [2.24, 2.45) is 0 Å². The van der Waals surface area contributed by atoms with Gasteiger partial charge < -0.3 is 38.3 Å². The molecule has 70 heavy (non-hydrogen) atoms. The number of hydrogen-bond acceptors (Lipinski definition) is 18. The number of pyridine rings is 1. The molecule has 0 saturated carbocycles. The number of aliphatic hydroxyl groups is 1. The number of phosphoric ester groups is 1. The van der Waals surface area contributed by atoms with Crippen molar-refractivity contribution >= 4 is 66.6 Å². The molecule has 0 bridgehead atoms. The van der Waals surface area contributed by atoms with Crippen LogP contribution in [0.15, 0.2) is 66.4 Å². The van der Waals surface area contributed by atoms with Crippen LogP contribution in [0.2, 0.25) is 36.3 Å². The lowest BCUT2D eigenvalue weighted by molar-refractivity contribution is -0.0591. The number of aromatic amines is 1. The van der Waals surface area contributed by atoms with Gasteiger partial charge in [0.05, 0.1) is 50.5 Å². The molecule has 2 saturated heterocycles. The van der Waals surface area contributed by atoms with Crippen LogP contribution in [0.25, 0.3) is 22.2 Å². The van der Waals surface area contributed by atoms with Crippen LogP contribution in [-0.4, -0.2) is 123 Å². The summed E-state index contributed by atoms with van der Waals surface area (Å²) in [6, 6.07) is 12.1. The van der Waals surface area contributed by atoms with Crippen LogP contribution >= 0.6 is 16.1 Å². The molecule has 0 radical (unpaired) electrons. The Morgan fingerprint density at radius 1 is 0.886 bits per heavy atom. The first kappa shape index (κ1) is 53.3. The molecule has 1 amide bonds. The Hall–Kier alpha value is -4.49. The maximum absolute atomic E-state index is 15.3. The van der Waals surface area contributed by atoms with Gasteiger partial charge in [0.2, 0.25) is 0 Å². The third-order valence-electron chi connectivity index (χ3n) is 13.2. The van der Waals surface area contributed by atoms with E-state index in [0.717, 1.165) is 0 Å². The van der Waals surface area contributed by atoms with Crippen molar-refractivity contribution in [1.82, 2.24) is 34.1 Å². The maximum Gasteiger partial charge on any atom is 0.695 e. The van der Waals surface area contributed by atoms with Crippen LogP contribution in [-0.2, 0) is 45.6 Å². The molecule has 0 spiro atoms. The summed E-state index contributed by atoms with van der Waals surface area (Å²) in [5.74, 6) is -0.309. The van der Waals surface area contributed by atoms with Crippen LogP contribution in [0.1, 0.15) is 70.8 Å². The molecule has 27 heteroatoms. The quantitative estimate of drug-likeness (QED) is 0.0373. The molecule has 23 nitrogen and oxygen atoms in total. The van der Waals surface area contributed by atoms with E-state index < -0.39 is 123 Å². The predicted octanol–water partition coefficient (Wildman–Crippen LogP) is 6.86. The highest BCUT2D eigenvalue weighted by molar-refractivity contribution is 7.48. The number of imidazole rings is 2. The SMILES string of the molecule is CC(C)(C)[Si](C)(C)OC1[C@@H](O[P+](=O)O)[C@H](n2cnc3c(=O)[nH]ccc32)O[C@@H]1COP(=O)(OCCC#N)O[C@H]1C(O[Si](C)(C)C(C)(C)C)[C@H](n2cnc3c(NC(=O)c4ccccc4)ncnc32)O[C@@H]1CO. The number of anilines is 1. The number of nitriles is 1. The number of phosphoric acid groups is 1. The van der Waals surface area contributed by atoms with Crippen molar-refractivity contribution in [3.8, 4) is 6.07 Å². The fourth-order valence-corrected chi connectivity index (χ4v) is 11.9. The van der Waals surface area contributed by atoms with E-state index in [2.05, 4.69) is 30.2 Å².